The molecule has 1 atom stereocenters. The molecule has 0 saturated heterocycles. The van der Waals surface area contributed by atoms with E-state index in [1.807, 2.05) is 0 Å². The number of hydrogen-bond donors (Lipinski definition) is 2. The summed E-state index contributed by atoms with van der Waals surface area (Å²) in [5, 5.41) is 14.7. The van der Waals surface area contributed by atoms with E-state index in [1.54, 1.807) is 30.3 Å². The van der Waals surface area contributed by atoms with Gasteiger partial charge in [-0.2, -0.15) is 18.3 Å². The fourth-order valence-corrected chi connectivity index (χ4v) is 2.04. The summed E-state index contributed by atoms with van der Waals surface area (Å²) in [6.07, 6.45) is -3.52. The summed E-state index contributed by atoms with van der Waals surface area (Å²) in [7, 11) is 0. The number of nitrogens with zero attached hydrogens (tertiary/aromatic N) is 2. The number of rotatable bonds is 6. The lowest BCUT2D eigenvalue weighted by Gasteiger charge is -2.14. The summed E-state index contributed by atoms with van der Waals surface area (Å²) in [6, 6.07) is 8.23. The molecule has 9 heteroatoms. The van der Waals surface area contributed by atoms with Crippen molar-refractivity contribution in [1.29, 1.82) is 0 Å². The first-order chi connectivity index (χ1) is 11.3. The third-order valence-electron chi connectivity index (χ3n) is 3.15. The number of aliphatic carboxylic acids is 1. The molecule has 1 heterocycles. The number of carboxylic acid groups (broad SMARTS) is 1. The smallest absolute Gasteiger partial charge is 0.435 e. The Morgan fingerprint density at radius 2 is 1.88 bits per heavy atom. The maximum absolute atomic E-state index is 12.4. The number of halogens is 3. The Hall–Kier alpha value is -2.84. The summed E-state index contributed by atoms with van der Waals surface area (Å²) in [5.74, 6) is -1.97. The minimum atomic E-state index is -4.60. The van der Waals surface area contributed by atoms with Crippen LogP contribution in [0.1, 0.15) is 11.3 Å². The minimum absolute atomic E-state index is 0.0643. The normalized spacial score (nSPS) is 12.6. The van der Waals surface area contributed by atoms with Crippen LogP contribution in [-0.2, 0) is 28.7 Å². The van der Waals surface area contributed by atoms with Crippen LogP contribution in [0, 0.1) is 0 Å². The number of nitrogens with one attached hydrogen (secondary N) is 1. The Balaban J connectivity index is 1.98. The molecular formula is C15H14F3N3O3. The number of carboxylic acids is 1. The number of benzene rings is 1. The fraction of sp³-hybridized carbons (Fsp3) is 0.267. The number of carbonyl (C=O) groups excluding carboxylic acids is 1. The van der Waals surface area contributed by atoms with Crippen molar-refractivity contribution in [3.63, 3.8) is 0 Å². The zero-order valence-corrected chi connectivity index (χ0v) is 12.3. The van der Waals surface area contributed by atoms with E-state index in [0.717, 1.165) is 16.9 Å². The molecule has 24 heavy (non-hydrogen) atoms. The van der Waals surface area contributed by atoms with Crippen molar-refractivity contribution in [2.75, 3.05) is 0 Å². The maximum Gasteiger partial charge on any atom is 0.435 e. The largest absolute Gasteiger partial charge is 0.480 e. The Kier molecular flexibility index (Phi) is 5.22. The quantitative estimate of drug-likeness (QED) is 0.838. The van der Waals surface area contributed by atoms with Gasteiger partial charge in [0.2, 0.25) is 5.91 Å². The summed E-state index contributed by atoms with van der Waals surface area (Å²) < 4.78 is 38.1. The Morgan fingerprint density at radius 3 is 2.42 bits per heavy atom. The lowest BCUT2D eigenvalue weighted by atomic mass is 10.1. The van der Waals surface area contributed by atoms with Crippen molar-refractivity contribution in [2.45, 2.75) is 25.2 Å². The van der Waals surface area contributed by atoms with Crippen LogP contribution in [-0.4, -0.2) is 32.8 Å². The predicted molar refractivity (Wildman–Crippen MR) is 76.9 cm³/mol. The van der Waals surface area contributed by atoms with E-state index in [2.05, 4.69) is 10.4 Å². The van der Waals surface area contributed by atoms with E-state index in [0.29, 0.717) is 5.56 Å². The van der Waals surface area contributed by atoms with E-state index in [1.165, 1.54) is 0 Å². The van der Waals surface area contributed by atoms with E-state index in [-0.39, 0.29) is 6.42 Å². The van der Waals surface area contributed by atoms with Crippen LogP contribution in [0.2, 0.25) is 0 Å². The van der Waals surface area contributed by atoms with Crippen molar-refractivity contribution >= 4 is 11.9 Å². The average molecular weight is 341 g/mol. The summed E-state index contributed by atoms with van der Waals surface area (Å²) >= 11 is 0. The summed E-state index contributed by atoms with van der Waals surface area (Å²) in [4.78, 5) is 23.1. The van der Waals surface area contributed by atoms with Gasteiger partial charge in [0.05, 0.1) is 0 Å². The van der Waals surface area contributed by atoms with Gasteiger partial charge in [-0.25, -0.2) is 4.79 Å². The Morgan fingerprint density at radius 1 is 1.21 bits per heavy atom. The van der Waals surface area contributed by atoms with Crippen LogP contribution in [0.4, 0.5) is 13.2 Å². The van der Waals surface area contributed by atoms with E-state index in [4.69, 9.17) is 0 Å². The van der Waals surface area contributed by atoms with E-state index >= 15 is 0 Å². The lowest BCUT2D eigenvalue weighted by Crippen LogP contribution is -2.43. The van der Waals surface area contributed by atoms with Gasteiger partial charge in [0.25, 0.3) is 0 Å². The zero-order chi connectivity index (χ0) is 17.7. The number of alkyl halides is 3. The number of carbonyl (C=O) groups is 2. The highest BCUT2D eigenvalue weighted by atomic mass is 19.4. The third-order valence-corrected chi connectivity index (χ3v) is 3.15. The average Bonchev–Trinajstić information content (AvgIpc) is 2.96. The molecule has 2 aromatic rings. The van der Waals surface area contributed by atoms with Crippen LogP contribution >= 0.6 is 0 Å². The van der Waals surface area contributed by atoms with Crippen LogP contribution in [0.5, 0.6) is 0 Å². The second-order valence-electron chi connectivity index (χ2n) is 5.04. The maximum atomic E-state index is 12.4. The molecule has 1 unspecified atom stereocenters. The molecule has 0 fully saturated rings. The van der Waals surface area contributed by atoms with E-state index in [9.17, 15) is 27.9 Å². The second kappa shape index (κ2) is 7.16. The standard InChI is InChI=1S/C15H14F3N3O3/c16-15(17,18)12-6-7-21(20-12)9-13(22)19-11(14(23)24)8-10-4-2-1-3-5-10/h1-7,11H,8-9H2,(H,19,22)(H,23,24). The van der Waals surface area contributed by atoms with Crippen LogP contribution in [0.3, 0.4) is 0 Å². The third kappa shape index (κ3) is 4.83. The first-order valence-electron chi connectivity index (χ1n) is 6.92. The Bertz CT molecular complexity index is 713. The van der Waals surface area contributed by atoms with Crippen LogP contribution < -0.4 is 5.32 Å². The second-order valence-corrected chi connectivity index (χ2v) is 5.04. The van der Waals surface area contributed by atoms with Gasteiger partial charge in [-0.05, 0) is 11.6 Å². The van der Waals surface area contributed by atoms with Crippen molar-refractivity contribution < 1.29 is 27.9 Å². The molecule has 0 aliphatic carbocycles. The van der Waals surface area contributed by atoms with Gasteiger partial charge in [-0.3, -0.25) is 9.48 Å². The molecule has 1 amide bonds. The minimum Gasteiger partial charge on any atom is -0.480 e. The van der Waals surface area contributed by atoms with Crippen molar-refractivity contribution in [1.82, 2.24) is 15.1 Å². The lowest BCUT2D eigenvalue weighted by molar-refractivity contribution is -0.142. The molecule has 1 aromatic carbocycles. The van der Waals surface area contributed by atoms with Gasteiger partial charge in [0.15, 0.2) is 5.69 Å². The highest BCUT2D eigenvalue weighted by Crippen LogP contribution is 2.27. The molecule has 0 bridgehead atoms. The number of aromatic nitrogens is 2. The van der Waals surface area contributed by atoms with Gasteiger partial charge < -0.3 is 10.4 Å². The first-order valence-corrected chi connectivity index (χ1v) is 6.92. The molecule has 6 nitrogen and oxygen atoms in total. The highest BCUT2D eigenvalue weighted by molar-refractivity contribution is 5.83. The number of hydrogen-bond acceptors (Lipinski definition) is 3. The van der Waals surface area contributed by atoms with E-state index < -0.39 is 36.3 Å². The molecule has 0 aliphatic rings. The van der Waals surface area contributed by atoms with Crippen LogP contribution in [0.25, 0.3) is 0 Å². The summed E-state index contributed by atoms with van der Waals surface area (Å²) in [5.41, 5.74) is -0.405. The molecule has 128 valence electrons. The Labute approximate surface area is 134 Å². The topological polar surface area (TPSA) is 84.2 Å². The van der Waals surface area contributed by atoms with Crippen molar-refractivity contribution in [3.05, 3.63) is 53.9 Å². The highest BCUT2D eigenvalue weighted by Gasteiger charge is 2.33. The molecule has 2 N–H and O–H groups in total. The molecule has 0 spiro atoms. The first kappa shape index (κ1) is 17.5. The van der Waals surface area contributed by atoms with Gasteiger partial charge in [-0.15, -0.1) is 0 Å². The fourth-order valence-electron chi connectivity index (χ4n) is 2.04. The van der Waals surface area contributed by atoms with Gasteiger partial charge >= 0.3 is 12.1 Å². The summed E-state index contributed by atoms with van der Waals surface area (Å²) in [6.45, 7) is -0.505. The molecule has 1 aromatic heterocycles. The molecule has 0 saturated carbocycles. The SMILES string of the molecule is O=C(Cn1ccc(C(F)(F)F)n1)NC(Cc1ccccc1)C(=O)O. The van der Waals surface area contributed by atoms with Crippen LogP contribution in [0.15, 0.2) is 42.6 Å². The van der Waals surface area contributed by atoms with Crippen molar-refractivity contribution in [3.8, 4) is 0 Å². The monoisotopic (exact) mass is 341 g/mol. The molecule has 0 aliphatic heterocycles. The van der Waals surface area contributed by atoms with Gasteiger partial charge in [0.1, 0.15) is 12.6 Å². The zero-order valence-electron chi connectivity index (χ0n) is 12.3. The molecule has 0 radical (unpaired) electrons. The number of amides is 1. The predicted octanol–water partition coefficient (Wildman–Crippen LogP) is 1.71. The van der Waals surface area contributed by atoms with Crippen molar-refractivity contribution in [2.24, 2.45) is 0 Å². The van der Waals surface area contributed by atoms with Gasteiger partial charge in [-0.1, -0.05) is 30.3 Å². The molecular weight excluding hydrogens is 327 g/mol. The van der Waals surface area contributed by atoms with Gasteiger partial charge in [0, 0.05) is 12.6 Å². The molecule has 2 rings (SSSR count).